The van der Waals surface area contributed by atoms with Gasteiger partial charge >= 0.3 is 6.09 Å². The number of imidazole rings is 1. The van der Waals surface area contributed by atoms with Crippen molar-refractivity contribution in [1.29, 1.82) is 0 Å². The van der Waals surface area contributed by atoms with Gasteiger partial charge in [0.1, 0.15) is 18.1 Å². The SMILES string of the molecule is CC/C=C\c1cc(Cc2cnc3ncc(-c4ccc(NC(=O)OCCOCC)c(F)c4)nn23)ccc1C. The smallest absolute Gasteiger partial charge is 0.411 e. The number of benzene rings is 2. The van der Waals surface area contributed by atoms with E-state index in [1.165, 1.54) is 23.3 Å². The zero-order valence-electron chi connectivity index (χ0n) is 21.2. The number of amides is 1. The molecule has 0 aliphatic heterocycles. The number of aryl methyl sites for hydroxylation is 1. The predicted octanol–water partition coefficient (Wildman–Crippen LogP) is 5.84. The van der Waals surface area contributed by atoms with E-state index in [1.54, 1.807) is 23.0 Å². The third kappa shape index (κ3) is 6.56. The number of allylic oxidation sites excluding steroid dienone is 1. The predicted molar refractivity (Wildman–Crippen MR) is 141 cm³/mol. The van der Waals surface area contributed by atoms with Gasteiger partial charge in [0.05, 0.1) is 30.4 Å². The van der Waals surface area contributed by atoms with Crippen molar-refractivity contribution in [1.82, 2.24) is 19.6 Å². The Morgan fingerprint density at radius 1 is 1.11 bits per heavy atom. The second-order valence-corrected chi connectivity index (χ2v) is 8.44. The van der Waals surface area contributed by atoms with Gasteiger partial charge in [0, 0.05) is 18.6 Å². The minimum absolute atomic E-state index is 0.00909. The van der Waals surface area contributed by atoms with Crippen LogP contribution in [0.25, 0.3) is 23.1 Å². The van der Waals surface area contributed by atoms with Gasteiger partial charge in [-0.15, -0.1) is 0 Å². The quantitative estimate of drug-likeness (QED) is 0.274. The number of halogens is 1. The van der Waals surface area contributed by atoms with E-state index < -0.39 is 11.9 Å². The zero-order valence-corrected chi connectivity index (χ0v) is 21.2. The summed E-state index contributed by atoms with van der Waals surface area (Å²) in [6, 6.07) is 10.8. The molecule has 0 bridgehead atoms. The Morgan fingerprint density at radius 3 is 2.73 bits per heavy atom. The maximum atomic E-state index is 14.8. The molecular weight excluding hydrogens is 473 g/mol. The third-order valence-electron chi connectivity index (χ3n) is 5.73. The fourth-order valence-electron chi connectivity index (χ4n) is 3.77. The monoisotopic (exact) mass is 503 g/mol. The molecule has 0 unspecified atom stereocenters. The van der Waals surface area contributed by atoms with E-state index in [9.17, 15) is 9.18 Å². The first-order chi connectivity index (χ1) is 18.0. The molecule has 0 aliphatic rings. The van der Waals surface area contributed by atoms with Crippen LogP contribution in [0, 0.1) is 12.7 Å². The highest BCUT2D eigenvalue weighted by atomic mass is 19.1. The second kappa shape index (κ2) is 12.2. The number of hydrogen-bond donors (Lipinski definition) is 1. The molecule has 0 spiro atoms. The van der Waals surface area contributed by atoms with Crippen LogP contribution < -0.4 is 5.32 Å². The Hall–Kier alpha value is -4.11. The third-order valence-corrected chi connectivity index (χ3v) is 5.73. The number of nitrogens with one attached hydrogen (secondary N) is 1. The summed E-state index contributed by atoms with van der Waals surface area (Å²) in [6.07, 6.45) is 8.43. The molecule has 0 atom stereocenters. The number of aromatic nitrogens is 4. The molecule has 37 heavy (non-hydrogen) atoms. The maximum absolute atomic E-state index is 14.8. The molecule has 1 amide bonds. The molecule has 2 aromatic heterocycles. The van der Waals surface area contributed by atoms with E-state index >= 15 is 0 Å². The van der Waals surface area contributed by atoms with Gasteiger partial charge < -0.3 is 9.47 Å². The van der Waals surface area contributed by atoms with Gasteiger partial charge in [-0.05, 0) is 49.1 Å². The Balaban J connectivity index is 1.52. The van der Waals surface area contributed by atoms with E-state index in [4.69, 9.17) is 9.47 Å². The van der Waals surface area contributed by atoms with Crippen LogP contribution in [0.2, 0.25) is 0 Å². The standard InChI is InChI=1S/C28H30FN5O3/c1-4-6-7-21-14-20(9-8-19(21)3)15-23-17-30-27-31-18-26(33-34(23)27)22-10-11-25(24(29)16-22)32-28(35)37-13-12-36-5-2/h6-11,14,16-18H,4-5,12-13,15H2,1-3H3,(H,32,35)/b7-6-. The summed E-state index contributed by atoms with van der Waals surface area (Å²) in [5, 5.41) is 7.07. The summed E-state index contributed by atoms with van der Waals surface area (Å²) in [5.41, 5.74) is 5.40. The number of rotatable bonds is 10. The van der Waals surface area contributed by atoms with Crippen molar-refractivity contribution in [3.8, 4) is 11.3 Å². The minimum atomic E-state index is -0.750. The normalized spacial score (nSPS) is 11.4. The Labute approximate surface area is 215 Å². The number of hydrogen-bond acceptors (Lipinski definition) is 6. The van der Waals surface area contributed by atoms with Crippen LogP contribution >= 0.6 is 0 Å². The molecule has 4 aromatic rings. The molecule has 2 heterocycles. The van der Waals surface area contributed by atoms with E-state index in [0.29, 0.717) is 30.1 Å². The van der Waals surface area contributed by atoms with Crippen molar-refractivity contribution < 1.29 is 18.7 Å². The van der Waals surface area contributed by atoms with Crippen LogP contribution in [-0.4, -0.2) is 45.5 Å². The number of fused-ring (bicyclic) bond motifs is 1. The van der Waals surface area contributed by atoms with Gasteiger partial charge in [-0.2, -0.15) is 5.10 Å². The lowest BCUT2D eigenvalue weighted by molar-refractivity contribution is 0.0849. The highest BCUT2D eigenvalue weighted by Crippen LogP contribution is 2.24. The number of anilines is 1. The average Bonchev–Trinajstić information content (AvgIpc) is 3.30. The molecular formula is C28H30FN5O3. The maximum Gasteiger partial charge on any atom is 0.411 e. The van der Waals surface area contributed by atoms with Crippen LogP contribution in [0.3, 0.4) is 0 Å². The van der Waals surface area contributed by atoms with Gasteiger partial charge in [0.25, 0.3) is 5.78 Å². The summed E-state index contributed by atoms with van der Waals surface area (Å²) in [4.78, 5) is 20.7. The van der Waals surface area contributed by atoms with Gasteiger partial charge in [-0.1, -0.05) is 43.3 Å². The number of ether oxygens (including phenoxy) is 2. The number of carbonyl (C=O) groups excluding carboxylic acids is 1. The number of carbonyl (C=O) groups is 1. The van der Waals surface area contributed by atoms with E-state index in [-0.39, 0.29) is 18.9 Å². The van der Waals surface area contributed by atoms with E-state index in [0.717, 1.165) is 17.7 Å². The summed E-state index contributed by atoms with van der Waals surface area (Å²) in [6.45, 7) is 6.94. The number of nitrogens with zero attached hydrogens (tertiary/aromatic N) is 4. The Bertz CT molecular complexity index is 1420. The largest absolute Gasteiger partial charge is 0.447 e. The molecule has 192 valence electrons. The highest BCUT2D eigenvalue weighted by molar-refractivity contribution is 5.85. The molecule has 8 nitrogen and oxygen atoms in total. The van der Waals surface area contributed by atoms with Crippen LogP contribution in [0.15, 0.2) is 54.9 Å². The van der Waals surface area contributed by atoms with Crippen molar-refractivity contribution >= 4 is 23.6 Å². The fourth-order valence-corrected chi connectivity index (χ4v) is 3.77. The summed E-state index contributed by atoms with van der Waals surface area (Å²) in [7, 11) is 0. The molecule has 0 saturated heterocycles. The zero-order chi connectivity index (χ0) is 26.2. The lowest BCUT2D eigenvalue weighted by atomic mass is 10.0. The van der Waals surface area contributed by atoms with Crippen molar-refractivity contribution in [2.45, 2.75) is 33.6 Å². The highest BCUT2D eigenvalue weighted by Gasteiger charge is 2.13. The van der Waals surface area contributed by atoms with E-state index in [1.807, 2.05) is 6.92 Å². The second-order valence-electron chi connectivity index (χ2n) is 8.44. The fraction of sp³-hybridized carbons (Fsp3) is 0.286. The lowest BCUT2D eigenvalue weighted by Gasteiger charge is -2.09. The Kier molecular flexibility index (Phi) is 8.58. The topological polar surface area (TPSA) is 90.6 Å². The Morgan fingerprint density at radius 2 is 1.95 bits per heavy atom. The molecule has 0 radical (unpaired) electrons. The first-order valence-electron chi connectivity index (χ1n) is 12.3. The van der Waals surface area contributed by atoms with Gasteiger partial charge in [0.15, 0.2) is 0 Å². The summed E-state index contributed by atoms with van der Waals surface area (Å²) >= 11 is 0. The summed E-state index contributed by atoms with van der Waals surface area (Å²) in [5.74, 6) is -0.148. The van der Waals surface area contributed by atoms with Crippen molar-refractivity contribution in [3.63, 3.8) is 0 Å². The van der Waals surface area contributed by atoms with Gasteiger partial charge in [-0.25, -0.2) is 23.7 Å². The van der Waals surface area contributed by atoms with Crippen molar-refractivity contribution in [2.24, 2.45) is 0 Å². The van der Waals surface area contributed by atoms with E-state index in [2.05, 4.69) is 64.6 Å². The van der Waals surface area contributed by atoms with Crippen LogP contribution in [0.1, 0.15) is 42.7 Å². The molecule has 0 saturated carbocycles. The molecule has 1 N–H and O–H groups in total. The summed E-state index contributed by atoms with van der Waals surface area (Å²) < 4.78 is 26.5. The molecule has 2 aromatic carbocycles. The molecule has 9 heteroatoms. The van der Waals surface area contributed by atoms with Gasteiger partial charge in [-0.3, -0.25) is 5.32 Å². The lowest BCUT2D eigenvalue weighted by Crippen LogP contribution is -2.17. The first kappa shape index (κ1) is 26.0. The molecule has 0 aliphatic carbocycles. The van der Waals surface area contributed by atoms with Crippen LogP contribution in [0.4, 0.5) is 14.9 Å². The van der Waals surface area contributed by atoms with Crippen LogP contribution in [0.5, 0.6) is 0 Å². The van der Waals surface area contributed by atoms with Crippen LogP contribution in [-0.2, 0) is 15.9 Å². The van der Waals surface area contributed by atoms with Crippen molar-refractivity contribution in [2.75, 3.05) is 25.1 Å². The minimum Gasteiger partial charge on any atom is -0.447 e. The van der Waals surface area contributed by atoms with Crippen molar-refractivity contribution in [3.05, 3.63) is 83.1 Å². The molecule has 4 rings (SSSR count). The average molecular weight is 504 g/mol. The van der Waals surface area contributed by atoms with Gasteiger partial charge in [0.2, 0.25) is 0 Å². The first-order valence-corrected chi connectivity index (χ1v) is 12.3. The molecule has 0 fully saturated rings.